The molecule has 0 amide bonds. The normalized spacial score (nSPS) is 24.3. The lowest BCUT2D eigenvalue weighted by Gasteiger charge is -2.41. The van der Waals surface area contributed by atoms with Gasteiger partial charge in [0.05, 0.1) is 0 Å². The lowest BCUT2D eigenvalue weighted by molar-refractivity contribution is 0.267. The van der Waals surface area contributed by atoms with Gasteiger partial charge >= 0.3 is 0 Å². The van der Waals surface area contributed by atoms with E-state index < -0.39 is 0 Å². The summed E-state index contributed by atoms with van der Waals surface area (Å²) in [4.78, 5) is 0. The van der Waals surface area contributed by atoms with Gasteiger partial charge in [0.15, 0.2) is 0 Å². The topological polar surface area (TPSA) is 0 Å². The van der Waals surface area contributed by atoms with Crippen molar-refractivity contribution in [2.45, 2.75) is 47.5 Å². The molecule has 0 heterocycles. The zero-order valence-electron chi connectivity index (χ0n) is 10.6. The summed E-state index contributed by atoms with van der Waals surface area (Å²) in [5.41, 5.74) is 3.51. The predicted octanol–water partition coefficient (Wildman–Crippen LogP) is 4.34. The highest BCUT2D eigenvalue weighted by Crippen LogP contribution is 2.48. The molecule has 0 atom stereocenters. The van der Waals surface area contributed by atoms with Crippen molar-refractivity contribution in [2.24, 2.45) is 10.8 Å². The lowest BCUT2D eigenvalue weighted by Crippen LogP contribution is -2.29. The average Bonchev–Trinajstić information content (AvgIpc) is 2.13. The Morgan fingerprint density at radius 1 is 1.13 bits per heavy atom. The molecule has 0 aromatic heterocycles. The van der Waals surface area contributed by atoms with Gasteiger partial charge in [0, 0.05) is 0 Å². The average molecular weight is 202 g/mol. The molecule has 82 valence electrons. The fraction of sp³-hybridized carbons (Fsp3) is 0.600. The van der Waals surface area contributed by atoms with Crippen LogP contribution in [0, 0.1) is 23.2 Å². The second kappa shape index (κ2) is 3.89. The summed E-state index contributed by atoms with van der Waals surface area (Å²) in [7, 11) is 0. The standard InChI is InChI=1S/C15H22/c1-7-8-9-13-12(2)14(3,4)10-11-15(13,5)6/h1,8-9H,10-11H2,2-6H3. The first-order valence-electron chi connectivity index (χ1n) is 5.66. The van der Waals surface area contributed by atoms with Crippen molar-refractivity contribution >= 4 is 0 Å². The zero-order valence-corrected chi connectivity index (χ0v) is 10.6. The Morgan fingerprint density at radius 2 is 1.67 bits per heavy atom. The molecular formula is C15H22. The molecule has 1 aliphatic carbocycles. The number of allylic oxidation sites excluding steroid dienone is 4. The van der Waals surface area contributed by atoms with E-state index in [0.29, 0.717) is 5.41 Å². The Balaban J connectivity index is 3.23. The maximum absolute atomic E-state index is 5.29. The molecule has 0 aliphatic heterocycles. The van der Waals surface area contributed by atoms with E-state index in [-0.39, 0.29) is 5.41 Å². The summed E-state index contributed by atoms with van der Waals surface area (Å²) in [5, 5.41) is 0. The predicted molar refractivity (Wildman–Crippen MR) is 67.5 cm³/mol. The highest BCUT2D eigenvalue weighted by molar-refractivity contribution is 5.38. The Morgan fingerprint density at radius 3 is 2.20 bits per heavy atom. The smallest absolute Gasteiger partial charge is 0.0103 e. The van der Waals surface area contributed by atoms with Crippen LogP contribution >= 0.6 is 0 Å². The van der Waals surface area contributed by atoms with Crippen LogP contribution in [-0.2, 0) is 0 Å². The number of rotatable bonds is 1. The molecule has 0 heteroatoms. The van der Waals surface area contributed by atoms with Crippen LogP contribution in [0.2, 0.25) is 0 Å². The number of hydrogen-bond acceptors (Lipinski definition) is 0. The van der Waals surface area contributed by atoms with Crippen LogP contribution in [0.4, 0.5) is 0 Å². The molecule has 0 saturated heterocycles. The zero-order chi connectivity index (χ0) is 11.7. The first-order chi connectivity index (χ1) is 6.81. The molecular weight excluding hydrogens is 180 g/mol. The monoisotopic (exact) mass is 202 g/mol. The molecule has 1 rings (SSSR count). The van der Waals surface area contributed by atoms with Gasteiger partial charge in [-0.1, -0.05) is 45.3 Å². The molecule has 0 spiro atoms. The molecule has 0 saturated carbocycles. The molecule has 1 aliphatic rings. The number of hydrogen-bond donors (Lipinski definition) is 0. The molecule has 0 radical (unpaired) electrons. The van der Waals surface area contributed by atoms with Crippen molar-refractivity contribution in [3.05, 3.63) is 23.3 Å². The van der Waals surface area contributed by atoms with Crippen LogP contribution in [0.1, 0.15) is 47.5 Å². The second-order valence-corrected chi connectivity index (χ2v) is 5.81. The summed E-state index contributed by atoms with van der Waals surface area (Å²) < 4.78 is 0. The van der Waals surface area contributed by atoms with E-state index in [0.717, 1.165) is 0 Å². The van der Waals surface area contributed by atoms with Gasteiger partial charge in [0.25, 0.3) is 0 Å². The Kier molecular flexibility index (Phi) is 3.14. The molecule has 0 unspecified atom stereocenters. The van der Waals surface area contributed by atoms with Gasteiger partial charge in [0.1, 0.15) is 0 Å². The molecule has 15 heavy (non-hydrogen) atoms. The van der Waals surface area contributed by atoms with Crippen molar-refractivity contribution in [3.63, 3.8) is 0 Å². The third kappa shape index (κ3) is 2.34. The van der Waals surface area contributed by atoms with Crippen LogP contribution < -0.4 is 0 Å². The lowest BCUT2D eigenvalue weighted by atomic mass is 9.63. The van der Waals surface area contributed by atoms with E-state index in [2.05, 4.69) is 46.6 Å². The van der Waals surface area contributed by atoms with Gasteiger partial charge in [-0.3, -0.25) is 0 Å². The van der Waals surface area contributed by atoms with Crippen LogP contribution in [-0.4, -0.2) is 0 Å². The van der Waals surface area contributed by atoms with Crippen LogP contribution in [0.3, 0.4) is 0 Å². The van der Waals surface area contributed by atoms with Gasteiger partial charge in [-0.2, -0.15) is 0 Å². The fourth-order valence-electron chi connectivity index (χ4n) is 2.30. The summed E-state index contributed by atoms with van der Waals surface area (Å²) in [5.74, 6) is 2.59. The van der Waals surface area contributed by atoms with Gasteiger partial charge < -0.3 is 0 Å². The molecule has 0 N–H and O–H groups in total. The third-order valence-corrected chi connectivity index (χ3v) is 3.87. The number of terminal acetylenes is 1. The van der Waals surface area contributed by atoms with Crippen molar-refractivity contribution in [1.29, 1.82) is 0 Å². The van der Waals surface area contributed by atoms with E-state index in [1.165, 1.54) is 24.0 Å². The highest BCUT2D eigenvalue weighted by Gasteiger charge is 2.35. The quantitative estimate of drug-likeness (QED) is 0.555. The van der Waals surface area contributed by atoms with Crippen molar-refractivity contribution < 1.29 is 0 Å². The van der Waals surface area contributed by atoms with Crippen molar-refractivity contribution in [3.8, 4) is 12.3 Å². The van der Waals surface area contributed by atoms with E-state index >= 15 is 0 Å². The Hall–Kier alpha value is -0.960. The first-order valence-corrected chi connectivity index (χ1v) is 5.66. The first kappa shape index (κ1) is 12.1. The van der Waals surface area contributed by atoms with E-state index in [9.17, 15) is 0 Å². The molecule has 0 fully saturated rings. The fourth-order valence-corrected chi connectivity index (χ4v) is 2.30. The summed E-state index contributed by atoms with van der Waals surface area (Å²) in [6.45, 7) is 11.5. The minimum atomic E-state index is 0.271. The summed E-state index contributed by atoms with van der Waals surface area (Å²) >= 11 is 0. The van der Waals surface area contributed by atoms with Gasteiger partial charge in [-0.05, 0) is 42.2 Å². The minimum Gasteiger partial charge on any atom is -0.115 e. The molecule has 0 nitrogen and oxygen atoms in total. The Bertz CT molecular complexity index is 343. The second-order valence-electron chi connectivity index (χ2n) is 5.81. The minimum absolute atomic E-state index is 0.271. The van der Waals surface area contributed by atoms with E-state index in [4.69, 9.17) is 6.42 Å². The SMILES string of the molecule is C#CC=CC1=C(C)C(C)(C)CCC1(C)C. The van der Waals surface area contributed by atoms with Crippen molar-refractivity contribution in [2.75, 3.05) is 0 Å². The Labute approximate surface area is 94.5 Å². The van der Waals surface area contributed by atoms with Crippen LogP contribution in [0.15, 0.2) is 23.3 Å². The van der Waals surface area contributed by atoms with Gasteiger partial charge in [-0.15, -0.1) is 6.42 Å². The summed E-state index contributed by atoms with van der Waals surface area (Å²) in [6, 6.07) is 0. The maximum atomic E-state index is 5.29. The van der Waals surface area contributed by atoms with Gasteiger partial charge in [0.2, 0.25) is 0 Å². The van der Waals surface area contributed by atoms with Crippen LogP contribution in [0.5, 0.6) is 0 Å². The van der Waals surface area contributed by atoms with Crippen molar-refractivity contribution in [1.82, 2.24) is 0 Å². The van der Waals surface area contributed by atoms with Crippen LogP contribution in [0.25, 0.3) is 0 Å². The molecule has 0 aromatic carbocycles. The largest absolute Gasteiger partial charge is 0.115 e. The highest BCUT2D eigenvalue weighted by atomic mass is 14.4. The maximum Gasteiger partial charge on any atom is -0.0103 e. The van der Waals surface area contributed by atoms with E-state index in [1.807, 2.05) is 6.08 Å². The summed E-state index contributed by atoms with van der Waals surface area (Å²) in [6.07, 6.45) is 11.7. The molecule has 0 bridgehead atoms. The molecule has 0 aromatic rings. The van der Waals surface area contributed by atoms with Gasteiger partial charge in [-0.25, -0.2) is 0 Å². The van der Waals surface area contributed by atoms with E-state index in [1.54, 1.807) is 0 Å². The third-order valence-electron chi connectivity index (χ3n) is 3.87.